The number of fused-ring (bicyclic) bond motifs is 2. The summed E-state index contributed by atoms with van der Waals surface area (Å²) in [5, 5.41) is 39.6. The molecule has 2 bridgehead atoms. The van der Waals surface area contributed by atoms with Gasteiger partial charge in [0.05, 0.1) is 36.8 Å². The van der Waals surface area contributed by atoms with E-state index in [4.69, 9.17) is 19.6 Å². The molecule has 2 heterocycles. The second kappa shape index (κ2) is 7.48. The Kier molecular flexibility index (Phi) is 5.08. The summed E-state index contributed by atoms with van der Waals surface area (Å²) in [4.78, 5) is 0. The third kappa shape index (κ3) is 2.81. The van der Waals surface area contributed by atoms with Crippen LogP contribution in [0.15, 0.2) is 48.5 Å². The van der Waals surface area contributed by atoms with Gasteiger partial charge in [0, 0.05) is 12.5 Å². The minimum atomic E-state index is -4.59. The van der Waals surface area contributed by atoms with E-state index in [1.54, 1.807) is 24.3 Å². The van der Waals surface area contributed by atoms with Gasteiger partial charge in [0.1, 0.15) is 11.9 Å². The van der Waals surface area contributed by atoms with Gasteiger partial charge < -0.3 is 14.2 Å². The number of methoxy groups -OCH3 is 1. The average Bonchev–Trinajstić information content (AvgIpc) is 3.00. The summed E-state index contributed by atoms with van der Waals surface area (Å²) in [5.74, 6) is -3.13. The van der Waals surface area contributed by atoms with Crippen molar-refractivity contribution in [2.45, 2.75) is 30.9 Å². The number of hydrogen-bond donors (Lipinski definition) is 1. The normalized spacial score (nSPS) is 29.3. The number of nitrogens with zero attached hydrogens (tertiary/aromatic N) is 3. The van der Waals surface area contributed by atoms with Gasteiger partial charge in [-0.1, -0.05) is 30.3 Å². The van der Waals surface area contributed by atoms with Crippen molar-refractivity contribution in [3.63, 3.8) is 0 Å². The summed E-state index contributed by atoms with van der Waals surface area (Å²) in [5.41, 5.74) is -4.95. The molecule has 2 saturated heterocycles. The highest BCUT2D eigenvalue weighted by molar-refractivity contribution is 5.90. The Balaban J connectivity index is 1.99. The standard InChI is InChI=1S/C24H17F3N4O3/c1-21-18(16-5-3-4-6-17(16)32-2)23(13-30,20(31)34-21)22(11-28,12-29)19(33-21)14-7-9-15(10-8-14)24(25,26)27/h3-10,18-19,31H,1-2H3. The van der Waals surface area contributed by atoms with Gasteiger partial charge in [-0.25, -0.2) is 0 Å². The fourth-order valence-electron chi connectivity index (χ4n) is 5.00. The van der Waals surface area contributed by atoms with Crippen molar-refractivity contribution in [2.75, 3.05) is 7.11 Å². The van der Waals surface area contributed by atoms with Crippen LogP contribution in [0, 0.1) is 50.2 Å². The number of benzene rings is 2. The second-order valence-corrected chi connectivity index (χ2v) is 8.19. The average molecular weight is 466 g/mol. The van der Waals surface area contributed by atoms with Gasteiger partial charge >= 0.3 is 6.18 Å². The van der Waals surface area contributed by atoms with Crippen LogP contribution in [0.5, 0.6) is 5.75 Å². The van der Waals surface area contributed by atoms with Gasteiger partial charge in [-0.3, -0.25) is 5.41 Å². The first kappa shape index (κ1) is 23.1. The Morgan fingerprint density at radius 3 is 2.15 bits per heavy atom. The van der Waals surface area contributed by atoms with Crippen molar-refractivity contribution < 1.29 is 27.4 Å². The quantitative estimate of drug-likeness (QED) is 0.691. The summed E-state index contributed by atoms with van der Waals surface area (Å²) in [7, 11) is 1.41. The number of nitrogens with one attached hydrogen (secondary N) is 1. The molecule has 0 radical (unpaired) electrons. The molecule has 4 rings (SSSR count). The monoisotopic (exact) mass is 466 g/mol. The zero-order chi connectivity index (χ0) is 24.9. The molecule has 2 aromatic carbocycles. The number of para-hydroxylation sites is 1. The van der Waals surface area contributed by atoms with Gasteiger partial charge in [0.25, 0.3) is 0 Å². The van der Waals surface area contributed by atoms with Crippen LogP contribution in [0.2, 0.25) is 0 Å². The summed E-state index contributed by atoms with van der Waals surface area (Å²) in [6.45, 7) is 1.47. The van der Waals surface area contributed by atoms with E-state index < -0.39 is 46.3 Å². The number of hydrogen-bond acceptors (Lipinski definition) is 7. The van der Waals surface area contributed by atoms with E-state index in [1.807, 2.05) is 18.2 Å². The van der Waals surface area contributed by atoms with Crippen molar-refractivity contribution in [1.82, 2.24) is 0 Å². The molecule has 7 nitrogen and oxygen atoms in total. The molecular weight excluding hydrogens is 449 g/mol. The minimum Gasteiger partial charge on any atom is -0.496 e. The van der Waals surface area contributed by atoms with Crippen LogP contribution in [0.1, 0.15) is 35.6 Å². The van der Waals surface area contributed by atoms with E-state index in [1.165, 1.54) is 14.0 Å². The molecule has 34 heavy (non-hydrogen) atoms. The highest BCUT2D eigenvalue weighted by Crippen LogP contribution is 2.70. The number of ether oxygens (including phenoxy) is 3. The van der Waals surface area contributed by atoms with Crippen LogP contribution in [0.4, 0.5) is 13.2 Å². The Bertz CT molecular complexity index is 1270. The van der Waals surface area contributed by atoms with Gasteiger partial charge in [-0.05, 0) is 23.8 Å². The summed E-state index contributed by atoms with van der Waals surface area (Å²) >= 11 is 0. The van der Waals surface area contributed by atoms with E-state index in [0.29, 0.717) is 11.3 Å². The molecule has 0 spiro atoms. The summed E-state index contributed by atoms with van der Waals surface area (Å²) in [6, 6.07) is 16.1. The molecule has 10 heteroatoms. The second-order valence-electron chi connectivity index (χ2n) is 8.19. The molecule has 2 aliphatic rings. The maximum Gasteiger partial charge on any atom is 0.416 e. The zero-order valence-corrected chi connectivity index (χ0v) is 18.0. The highest BCUT2D eigenvalue weighted by Gasteiger charge is 2.80. The first-order chi connectivity index (χ1) is 16.0. The lowest BCUT2D eigenvalue weighted by molar-refractivity contribution is -0.253. The number of nitriles is 3. The fourth-order valence-corrected chi connectivity index (χ4v) is 5.00. The Morgan fingerprint density at radius 2 is 1.62 bits per heavy atom. The number of alkyl halides is 3. The molecule has 0 amide bonds. The third-order valence-electron chi connectivity index (χ3n) is 6.51. The Hall–Kier alpha value is -4.07. The van der Waals surface area contributed by atoms with Crippen LogP contribution in [0.25, 0.3) is 0 Å². The van der Waals surface area contributed by atoms with Gasteiger partial charge in [0.15, 0.2) is 5.41 Å². The number of halogens is 3. The molecule has 2 aliphatic heterocycles. The van der Waals surface area contributed by atoms with Gasteiger partial charge in [0.2, 0.25) is 17.1 Å². The van der Waals surface area contributed by atoms with E-state index in [2.05, 4.69) is 0 Å². The van der Waals surface area contributed by atoms with Crippen LogP contribution in [0.3, 0.4) is 0 Å². The topological polar surface area (TPSA) is 123 Å². The maximum absolute atomic E-state index is 13.1. The largest absolute Gasteiger partial charge is 0.496 e. The Morgan fingerprint density at radius 1 is 1.00 bits per heavy atom. The lowest BCUT2D eigenvalue weighted by Gasteiger charge is -2.49. The van der Waals surface area contributed by atoms with E-state index in [-0.39, 0.29) is 5.56 Å². The first-order valence-corrected chi connectivity index (χ1v) is 10.0. The molecule has 172 valence electrons. The molecule has 4 atom stereocenters. The first-order valence-electron chi connectivity index (χ1n) is 10.0. The van der Waals surface area contributed by atoms with Crippen LogP contribution >= 0.6 is 0 Å². The molecule has 0 aromatic heterocycles. The van der Waals surface area contributed by atoms with Crippen molar-refractivity contribution >= 4 is 5.90 Å². The smallest absolute Gasteiger partial charge is 0.416 e. The van der Waals surface area contributed by atoms with Crippen molar-refractivity contribution in [3.05, 3.63) is 65.2 Å². The SMILES string of the molecule is COc1ccccc1C1C2(C)OC(=N)C1(C#N)C(C#N)(C#N)C(c1ccc(C(F)(F)F)cc1)O2. The predicted molar refractivity (Wildman–Crippen MR) is 110 cm³/mol. The third-order valence-corrected chi connectivity index (χ3v) is 6.51. The van der Waals surface area contributed by atoms with Crippen LogP contribution < -0.4 is 4.74 Å². The molecule has 4 unspecified atom stereocenters. The summed E-state index contributed by atoms with van der Waals surface area (Å²) < 4.78 is 56.5. The van der Waals surface area contributed by atoms with Crippen LogP contribution in [-0.4, -0.2) is 18.8 Å². The molecule has 2 aromatic rings. The van der Waals surface area contributed by atoms with Crippen molar-refractivity contribution in [2.24, 2.45) is 10.8 Å². The van der Waals surface area contributed by atoms with Crippen molar-refractivity contribution in [3.8, 4) is 24.0 Å². The highest BCUT2D eigenvalue weighted by atomic mass is 19.4. The van der Waals surface area contributed by atoms with E-state index in [9.17, 15) is 29.0 Å². The maximum atomic E-state index is 13.1. The zero-order valence-electron chi connectivity index (χ0n) is 18.0. The van der Waals surface area contributed by atoms with Gasteiger partial charge in [-0.15, -0.1) is 0 Å². The molecule has 0 aliphatic carbocycles. The minimum absolute atomic E-state index is 0.0683. The van der Waals surface area contributed by atoms with Gasteiger partial charge in [-0.2, -0.15) is 29.0 Å². The molecule has 1 N–H and O–H groups in total. The van der Waals surface area contributed by atoms with E-state index in [0.717, 1.165) is 24.3 Å². The predicted octanol–water partition coefficient (Wildman–Crippen LogP) is 4.84. The van der Waals surface area contributed by atoms with Crippen molar-refractivity contribution in [1.29, 1.82) is 21.2 Å². The molecule has 0 saturated carbocycles. The lowest BCUT2D eigenvalue weighted by Crippen LogP contribution is -2.57. The lowest BCUT2D eigenvalue weighted by atomic mass is 9.52. The number of rotatable bonds is 3. The fraction of sp³-hybridized carbons (Fsp3) is 0.333. The van der Waals surface area contributed by atoms with E-state index >= 15 is 0 Å². The van der Waals surface area contributed by atoms with Crippen LogP contribution in [-0.2, 0) is 15.7 Å². The summed E-state index contributed by atoms with van der Waals surface area (Å²) in [6.07, 6.45) is -6.07. The molecule has 2 fully saturated rings. The Labute approximate surface area is 193 Å². The molecular formula is C24H17F3N4O3.